The average molecular weight is 287 g/mol. The third-order valence-electron chi connectivity index (χ3n) is 4.04. The average Bonchev–Trinajstić information content (AvgIpc) is 2.90. The van der Waals surface area contributed by atoms with Crippen molar-refractivity contribution in [3.05, 3.63) is 24.2 Å². The Morgan fingerprint density at radius 1 is 1.33 bits per heavy atom. The third kappa shape index (κ3) is 2.63. The van der Waals surface area contributed by atoms with E-state index in [0.29, 0.717) is 11.6 Å². The molecule has 1 amide bonds. The normalized spacial score (nSPS) is 16.9. The van der Waals surface area contributed by atoms with E-state index in [2.05, 4.69) is 23.8 Å². The van der Waals surface area contributed by atoms with Crippen molar-refractivity contribution >= 4 is 17.1 Å². The van der Waals surface area contributed by atoms with Crippen LogP contribution in [0, 0.1) is 0 Å². The predicted molar refractivity (Wildman–Crippen MR) is 81.0 cm³/mol. The predicted octanol–water partition coefficient (Wildman–Crippen LogP) is 1.58. The number of nitrogens with zero attached hydrogens (tertiary/aromatic N) is 4. The molecule has 1 fully saturated rings. The lowest BCUT2D eigenvalue weighted by molar-refractivity contribution is 0.0714. The van der Waals surface area contributed by atoms with Crippen molar-refractivity contribution in [2.75, 3.05) is 13.1 Å². The minimum Gasteiger partial charge on any atom is -0.338 e. The third-order valence-corrected chi connectivity index (χ3v) is 4.04. The summed E-state index contributed by atoms with van der Waals surface area (Å²) in [7, 11) is 0. The second-order valence-electron chi connectivity index (χ2n) is 5.94. The molecule has 3 heterocycles. The Labute approximate surface area is 124 Å². The van der Waals surface area contributed by atoms with Crippen LogP contribution < -0.4 is 5.73 Å². The minimum atomic E-state index is 0.0235. The molecule has 0 atom stereocenters. The van der Waals surface area contributed by atoms with E-state index >= 15 is 0 Å². The van der Waals surface area contributed by atoms with Crippen molar-refractivity contribution in [1.82, 2.24) is 19.4 Å². The maximum atomic E-state index is 12.5. The van der Waals surface area contributed by atoms with Crippen LogP contribution in [0.25, 0.3) is 11.2 Å². The molecular weight excluding hydrogens is 266 g/mol. The largest absolute Gasteiger partial charge is 0.338 e. The number of carbonyl (C=O) groups is 1. The van der Waals surface area contributed by atoms with E-state index in [0.717, 1.165) is 37.1 Å². The quantitative estimate of drug-likeness (QED) is 0.909. The second-order valence-corrected chi connectivity index (χ2v) is 5.94. The molecule has 1 aliphatic rings. The number of imidazole rings is 1. The number of likely N-dealkylation sites (tertiary alicyclic amines) is 1. The van der Waals surface area contributed by atoms with Gasteiger partial charge in [-0.25, -0.2) is 9.97 Å². The van der Waals surface area contributed by atoms with Crippen LogP contribution >= 0.6 is 0 Å². The molecule has 1 aliphatic heterocycles. The zero-order valence-electron chi connectivity index (χ0n) is 12.5. The summed E-state index contributed by atoms with van der Waals surface area (Å²) in [6.07, 6.45) is 5.16. The molecule has 112 valence electrons. The van der Waals surface area contributed by atoms with Crippen molar-refractivity contribution in [2.45, 2.75) is 38.8 Å². The summed E-state index contributed by atoms with van der Waals surface area (Å²) in [6.45, 7) is 5.61. The number of piperidine rings is 1. The van der Waals surface area contributed by atoms with Crippen LogP contribution in [0.15, 0.2) is 18.6 Å². The number of rotatable bonds is 2. The first kappa shape index (κ1) is 14.0. The Hall–Kier alpha value is -1.95. The van der Waals surface area contributed by atoms with Crippen LogP contribution in [-0.2, 0) is 0 Å². The van der Waals surface area contributed by atoms with Crippen LogP contribution in [0.4, 0.5) is 0 Å². The van der Waals surface area contributed by atoms with Gasteiger partial charge in [-0.3, -0.25) is 4.79 Å². The number of fused-ring (bicyclic) bond motifs is 1. The van der Waals surface area contributed by atoms with Crippen LogP contribution in [0.3, 0.4) is 0 Å². The molecule has 0 aliphatic carbocycles. The number of amides is 1. The summed E-state index contributed by atoms with van der Waals surface area (Å²) >= 11 is 0. The van der Waals surface area contributed by atoms with Crippen molar-refractivity contribution < 1.29 is 4.79 Å². The smallest absolute Gasteiger partial charge is 0.255 e. The Morgan fingerprint density at radius 2 is 2.05 bits per heavy atom. The SMILES string of the molecule is CC(C)n1cnc2cc(C(=O)N3CCC(N)CC3)cnc21. The Kier molecular flexibility index (Phi) is 3.63. The van der Waals surface area contributed by atoms with Gasteiger partial charge in [0, 0.05) is 31.4 Å². The molecule has 6 nitrogen and oxygen atoms in total. The highest BCUT2D eigenvalue weighted by atomic mass is 16.2. The van der Waals surface area contributed by atoms with Crippen molar-refractivity contribution in [3.63, 3.8) is 0 Å². The van der Waals surface area contributed by atoms with Gasteiger partial charge in [0.05, 0.1) is 11.9 Å². The van der Waals surface area contributed by atoms with Crippen LogP contribution in [0.2, 0.25) is 0 Å². The van der Waals surface area contributed by atoms with Crippen molar-refractivity contribution in [3.8, 4) is 0 Å². The summed E-state index contributed by atoms with van der Waals surface area (Å²) in [6, 6.07) is 2.35. The summed E-state index contributed by atoms with van der Waals surface area (Å²) in [5, 5.41) is 0. The maximum absolute atomic E-state index is 12.5. The molecule has 3 rings (SSSR count). The number of hydrogen-bond donors (Lipinski definition) is 1. The van der Waals surface area contributed by atoms with E-state index in [-0.39, 0.29) is 11.9 Å². The molecular formula is C15H21N5O. The van der Waals surface area contributed by atoms with Gasteiger partial charge in [-0.05, 0) is 32.8 Å². The molecule has 2 aromatic heterocycles. The summed E-state index contributed by atoms with van der Waals surface area (Å²) in [5.74, 6) is 0.0235. The fourth-order valence-electron chi connectivity index (χ4n) is 2.70. The Balaban J connectivity index is 1.86. The molecule has 2 aromatic rings. The second kappa shape index (κ2) is 5.44. The molecule has 0 saturated carbocycles. The van der Waals surface area contributed by atoms with Crippen molar-refractivity contribution in [1.29, 1.82) is 0 Å². The highest BCUT2D eigenvalue weighted by Gasteiger charge is 2.22. The zero-order chi connectivity index (χ0) is 15.0. The highest BCUT2D eigenvalue weighted by molar-refractivity contribution is 5.96. The lowest BCUT2D eigenvalue weighted by atomic mass is 10.1. The first-order valence-electron chi connectivity index (χ1n) is 7.43. The fourth-order valence-corrected chi connectivity index (χ4v) is 2.70. The van der Waals surface area contributed by atoms with Crippen LogP contribution in [-0.4, -0.2) is 44.5 Å². The highest BCUT2D eigenvalue weighted by Crippen LogP contribution is 2.18. The van der Waals surface area contributed by atoms with Gasteiger partial charge in [-0.15, -0.1) is 0 Å². The van der Waals surface area contributed by atoms with E-state index in [1.165, 1.54) is 0 Å². The summed E-state index contributed by atoms with van der Waals surface area (Å²) in [5.41, 5.74) is 8.07. The fraction of sp³-hybridized carbons (Fsp3) is 0.533. The van der Waals surface area contributed by atoms with Crippen molar-refractivity contribution in [2.24, 2.45) is 5.73 Å². The van der Waals surface area contributed by atoms with Gasteiger partial charge in [0.25, 0.3) is 5.91 Å². The monoisotopic (exact) mass is 287 g/mol. The molecule has 1 saturated heterocycles. The first-order valence-corrected chi connectivity index (χ1v) is 7.43. The van der Waals surface area contributed by atoms with Gasteiger partial charge in [0.2, 0.25) is 0 Å². The number of aromatic nitrogens is 3. The van der Waals surface area contributed by atoms with Crippen LogP contribution in [0.5, 0.6) is 0 Å². The standard InChI is InChI=1S/C15H21N5O/c1-10(2)20-9-18-13-7-11(8-17-14(13)20)15(21)19-5-3-12(16)4-6-19/h7-10,12H,3-6,16H2,1-2H3. The van der Waals surface area contributed by atoms with Gasteiger partial charge < -0.3 is 15.2 Å². The lowest BCUT2D eigenvalue weighted by Crippen LogP contribution is -2.42. The number of pyridine rings is 1. The number of carbonyl (C=O) groups excluding carboxylic acids is 1. The number of nitrogens with two attached hydrogens (primary N) is 1. The molecule has 0 spiro atoms. The first-order chi connectivity index (χ1) is 10.1. The van der Waals surface area contributed by atoms with E-state index in [1.807, 2.05) is 15.5 Å². The summed E-state index contributed by atoms with van der Waals surface area (Å²) < 4.78 is 2.00. The van der Waals surface area contributed by atoms with E-state index in [9.17, 15) is 4.79 Å². The molecule has 21 heavy (non-hydrogen) atoms. The van der Waals surface area contributed by atoms with Crippen LogP contribution in [0.1, 0.15) is 43.1 Å². The lowest BCUT2D eigenvalue weighted by Gasteiger charge is -2.30. The van der Waals surface area contributed by atoms with Gasteiger partial charge in [-0.1, -0.05) is 0 Å². The topological polar surface area (TPSA) is 77.0 Å². The zero-order valence-corrected chi connectivity index (χ0v) is 12.5. The Bertz CT molecular complexity index is 655. The molecule has 0 unspecified atom stereocenters. The van der Waals surface area contributed by atoms with E-state index < -0.39 is 0 Å². The molecule has 2 N–H and O–H groups in total. The maximum Gasteiger partial charge on any atom is 0.255 e. The Morgan fingerprint density at radius 3 is 2.71 bits per heavy atom. The van der Waals surface area contributed by atoms with Gasteiger partial charge in [-0.2, -0.15) is 0 Å². The number of hydrogen-bond acceptors (Lipinski definition) is 4. The minimum absolute atomic E-state index is 0.0235. The summed E-state index contributed by atoms with van der Waals surface area (Å²) in [4.78, 5) is 23.1. The van der Waals surface area contributed by atoms with Gasteiger partial charge in [0.1, 0.15) is 5.52 Å². The van der Waals surface area contributed by atoms with E-state index in [1.54, 1.807) is 12.5 Å². The molecule has 0 bridgehead atoms. The van der Waals surface area contributed by atoms with E-state index in [4.69, 9.17) is 5.73 Å². The molecule has 0 radical (unpaired) electrons. The molecule has 6 heteroatoms. The molecule has 0 aromatic carbocycles. The van der Waals surface area contributed by atoms with Gasteiger partial charge in [0.15, 0.2) is 5.65 Å². The van der Waals surface area contributed by atoms with Gasteiger partial charge >= 0.3 is 0 Å².